The van der Waals surface area contributed by atoms with Crippen LogP contribution in [0.5, 0.6) is 5.75 Å². The predicted octanol–water partition coefficient (Wildman–Crippen LogP) is 3.93. The number of carbonyl (C=O) groups excluding carboxylic acids is 2. The van der Waals surface area contributed by atoms with E-state index in [-0.39, 0.29) is 23.0 Å². The Hall–Kier alpha value is -2.95. The number of nitrogens with zero attached hydrogens (tertiary/aromatic N) is 2. The van der Waals surface area contributed by atoms with Crippen LogP contribution in [-0.2, 0) is 4.74 Å². The van der Waals surface area contributed by atoms with Gasteiger partial charge in [0.25, 0.3) is 0 Å². The van der Waals surface area contributed by atoms with Gasteiger partial charge in [-0.1, -0.05) is 0 Å². The molecule has 1 N–H and O–H groups in total. The SMILES string of the molecule is CCOC(=O)c1csc(N/N=C(/CC(=O)c2ccc(OC)cc2)C(F)(F)F)n1. The minimum Gasteiger partial charge on any atom is -0.497 e. The predicted molar refractivity (Wildman–Crippen MR) is 97.1 cm³/mol. The Morgan fingerprint density at radius 2 is 1.93 bits per heavy atom. The van der Waals surface area contributed by atoms with Crippen molar-refractivity contribution in [3.63, 3.8) is 0 Å². The van der Waals surface area contributed by atoms with E-state index in [0.29, 0.717) is 5.75 Å². The number of esters is 1. The number of methoxy groups -OCH3 is 1. The zero-order valence-corrected chi connectivity index (χ0v) is 15.7. The standard InChI is InChI=1S/C17H16F3N3O4S/c1-3-27-15(25)12-9-28-16(21-12)23-22-14(17(18,19)20)8-13(24)10-4-6-11(26-2)7-5-10/h4-7,9H,3,8H2,1-2H3,(H,21,23)/b22-14-. The van der Waals surface area contributed by atoms with E-state index in [0.717, 1.165) is 11.3 Å². The fourth-order valence-electron chi connectivity index (χ4n) is 1.97. The fourth-order valence-corrected chi connectivity index (χ4v) is 2.59. The van der Waals surface area contributed by atoms with E-state index in [4.69, 9.17) is 9.47 Å². The third kappa shape index (κ3) is 5.78. The first-order valence-corrected chi connectivity index (χ1v) is 8.82. The van der Waals surface area contributed by atoms with Gasteiger partial charge in [-0.3, -0.25) is 10.2 Å². The molecule has 0 saturated carbocycles. The van der Waals surface area contributed by atoms with Crippen LogP contribution in [0.15, 0.2) is 34.7 Å². The molecule has 0 aliphatic heterocycles. The van der Waals surface area contributed by atoms with E-state index in [1.807, 2.05) is 0 Å². The van der Waals surface area contributed by atoms with Crippen molar-refractivity contribution in [1.82, 2.24) is 4.98 Å². The van der Waals surface area contributed by atoms with Crippen LogP contribution in [0.25, 0.3) is 0 Å². The maximum atomic E-state index is 13.2. The minimum atomic E-state index is -4.82. The molecule has 28 heavy (non-hydrogen) atoms. The third-order valence-corrected chi connectivity index (χ3v) is 4.09. The van der Waals surface area contributed by atoms with E-state index in [2.05, 4.69) is 15.5 Å². The normalized spacial score (nSPS) is 11.8. The number of rotatable bonds is 8. The number of benzene rings is 1. The van der Waals surface area contributed by atoms with Crippen molar-refractivity contribution < 1.29 is 32.2 Å². The second kappa shape index (κ2) is 9.31. The van der Waals surface area contributed by atoms with Gasteiger partial charge in [-0.05, 0) is 31.2 Å². The lowest BCUT2D eigenvalue weighted by molar-refractivity contribution is -0.0602. The molecular formula is C17H16F3N3O4S. The number of hydrogen-bond acceptors (Lipinski definition) is 8. The molecule has 0 atom stereocenters. The summed E-state index contributed by atoms with van der Waals surface area (Å²) in [7, 11) is 1.43. The molecule has 0 aliphatic rings. The van der Waals surface area contributed by atoms with Gasteiger partial charge in [-0.15, -0.1) is 11.3 Å². The first kappa shape index (κ1) is 21.4. The summed E-state index contributed by atoms with van der Waals surface area (Å²) in [6, 6.07) is 5.69. The summed E-state index contributed by atoms with van der Waals surface area (Å²) in [5.74, 6) is -0.975. The fraction of sp³-hybridized carbons (Fsp3) is 0.294. The van der Waals surface area contributed by atoms with Gasteiger partial charge in [0.05, 0.1) is 20.1 Å². The molecule has 1 aromatic carbocycles. The van der Waals surface area contributed by atoms with Crippen LogP contribution in [0.4, 0.5) is 18.3 Å². The number of nitrogens with one attached hydrogen (secondary N) is 1. The number of thiazole rings is 1. The van der Waals surface area contributed by atoms with Gasteiger partial charge >= 0.3 is 12.1 Å². The Morgan fingerprint density at radius 3 is 2.50 bits per heavy atom. The summed E-state index contributed by atoms with van der Waals surface area (Å²) >= 11 is 0.879. The molecule has 0 unspecified atom stereocenters. The molecule has 0 aliphatic carbocycles. The highest BCUT2D eigenvalue weighted by Crippen LogP contribution is 2.23. The van der Waals surface area contributed by atoms with E-state index in [1.54, 1.807) is 6.92 Å². The zero-order valence-electron chi connectivity index (χ0n) is 14.9. The summed E-state index contributed by atoms with van der Waals surface area (Å²) in [5.41, 5.74) is 0.866. The molecule has 0 fully saturated rings. The lowest BCUT2D eigenvalue weighted by Crippen LogP contribution is -2.27. The molecule has 150 valence electrons. The Labute approximate surface area is 162 Å². The average molecular weight is 415 g/mol. The number of Topliss-reactive ketones (excluding diaryl/α,β-unsaturated/α-hetero) is 1. The van der Waals surface area contributed by atoms with Gasteiger partial charge < -0.3 is 9.47 Å². The van der Waals surface area contributed by atoms with Crippen LogP contribution in [0.3, 0.4) is 0 Å². The van der Waals surface area contributed by atoms with Crippen LogP contribution in [0, 0.1) is 0 Å². The average Bonchev–Trinajstić information content (AvgIpc) is 3.13. The van der Waals surface area contributed by atoms with Gasteiger partial charge in [-0.2, -0.15) is 18.3 Å². The lowest BCUT2D eigenvalue weighted by Gasteiger charge is -2.10. The number of aromatic nitrogens is 1. The molecule has 0 saturated heterocycles. The third-order valence-electron chi connectivity index (χ3n) is 3.34. The van der Waals surface area contributed by atoms with Gasteiger partial charge in [0, 0.05) is 10.9 Å². The molecule has 2 rings (SSSR count). The number of hydrazone groups is 1. The van der Waals surface area contributed by atoms with Gasteiger partial charge in [0.1, 0.15) is 11.5 Å². The van der Waals surface area contributed by atoms with E-state index < -0.39 is 30.1 Å². The number of hydrogen-bond donors (Lipinski definition) is 1. The molecule has 1 aromatic heterocycles. The first-order valence-electron chi connectivity index (χ1n) is 7.94. The number of anilines is 1. The molecule has 0 spiro atoms. The van der Waals surface area contributed by atoms with Gasteiger partial charge in [-0.25, -0.2) is 9.78 Å². The van der Waals surface area contributed by atoms with Crippen molar-refractivity contribution in [2.24, 2.45) is 5.10 Å². The first-order chi connectivity index (χ1) is 13.2. The maximum Gasteiger partial charge on any atom is 0.431 e. The van der Waals surface area contributed by atoms with Gasteiger partial charge in [0.15, 0.2) is 11.5 Å². The maximum absolute atomic E-state index is 13.2. The highest BCUT2D eigenvalue weighted by molar-refractivity contribution is 7.13. The number of alkyl halides is 3. The highest BCUT2D eigenvalue weighted by Gasteiger charge is 2.37. The lowest BCUT2D eigenvalue weighted by atomic mass is 10.1. The van der Waals surface area contributed by atoms with Crippen LogP contribution in [0.1, 0.15) is 34.2 Å². The smallest absolute Gasteiger partial charge is 0.431 e. The Balaban J connectivity index is 2.12. The molecule has 1 heterocycles. The van der Waals surface area contributed by atoms with Crippen molar-refractivity contribution in [3.8, 4) is 5.75 Å². The molecule has 7 nitrogen and oxygen atoms in total. The number of carbonyl (C=O) groups is 2. The summed E-state index contributed by atoms with van der Waals surface area (Å²) in [4.78, 5) is 27.5. The molecule has 11 heteroatoms. The van der Waals surface area contributed by atoms with Crippen LogP contribution in [-0.4, -0.2) is 42.3 Å². The quantitative estimate of drug-likeness (QED) is 0.304. The van der Waals surface area contributed by atoms with Crippen molar-refractivity contribution >= 4 is 33.9 Å². The molecular weight excluding hydrogens is 399 g/mol. The van der Waals surface area contributed by atoms with Gasteiger partial charge in [0.2, 0.25) is 5.13 Å². The largest absolute Gasteiger partial charge is 0.497 e. The second-order valence-corrected chi connectivity index (χ2v) is 6.11. The highest BCUT2D eigenvalue weighted by atomic mass is 32.1. The Bertz CT molecular complexity index is 863. The van der Waals surface area contributed by atoms with Crippen molar-refractivity contribution in [3.05, 3.63) is 40.9 Å². The summed E-state index contributed by atoms with van der Waals surface area (Å²) in [6.07, 6.45) is -5.78. The number of halogens is 3. The van der Waals surface area contributed by atoms with Crippen LogP contribution < -0.4 is 10.2 Å². The molecule has 0 amide bonds. The summed E-state index contributed by atoms with van der Waals surface area (Å²) < 4.78 is 49.3. The summed E-state index contributed by atoms with van der Waals surface area (Å²) in [5, 5.41) is 4.56. The van der Waals surface area contributed by atoms with E-state index in [1.165, 1.54) is 36.8 Å². The topological polar surface area (TPSA) is 89.9 Å². The van der Waals surface area contributed by atoms with Crippen molar-refractivity contribution in [1.29, 1.82) is 0 Å². The van der Waals surface area contributed by atoms with Crippen molar-refractivity contribution in [2.75, 3.05) is 19.1 Å². The van der Waals surface area contributed by atoms with Crippen LogP contribution in [0.2, 0.25) is 0 Å². The Kier molecular flexibility index (Phi) is 7.10. The summed E-state index contributed by atoms with van der Waals surface area (Å²) in [6.45, 7) is 1.76. The monoisotopic (exact) mass is 415 g/mol. The molecule has 0 bridgehead atoms. The number of ether oxygens (including phenoxy) is 2. The minimum absolute atomic E-state index is 0.0401. The molecule has 0 radical (unpaired) electrons. The van der Waals surface area contributed by atoms with E-state index in [9.17, 15) is 22.8 Å². The zero-order chi connectivity index (χ0) is 20.7. The van der Waals surface area contributed by atoms with Crippen molar-refractivity contribution in [2.45, 2.75) is 19.5 Å². The Morgan fingerprint density at radius 1 is 1.25 bits per heavy atom. The van der Waals surface area contributed by atoms with E-state index >= 15 is 0 Å². The number of ketones is 1. The molecule has 2 aromatic rings. The second-order valence-electron chi connectivity index (χ2n) is 5.25. The van der Waals surface area contributed by atoms with Crippen LogP contribution >= 0.6 is 11.3 Å².